The molecule has 0 radical (unpaired) electrons. The van der Waals surface area contributed by atoms with Crippen molar-refractivity contribution in [2.45, 2.75) is 40.0 Å². The van der Waals surface area contributed by atoms with E-state index in [1.54, 1.807) is 18.6 Å². The van der Waals surface area contributed by atoms with Crippen LogP contribution in [0, 0.1) is 16.7 Å². The van der Waals surface area contributed by atoms with Gasteiger partial charge in [-0.2, -0.15) is 10.4 Å². The van der Waals surface area contributed by atoms with E-state index in [0.29, 0.717) is 5.69 Å². The molecule has 0 fully saturated rings. The van der Waals surface area contributed by atoms with E-state index in [0.717, 1.165) is 49.8 Å². The van der Waals surface area contributed by atoms with Gasteiger partial charge in [0.25, 0.3) is 0 Å². The maximum atomic E-state index is 12.5. The number of nitrogens with one attached hydrogen (secondary N) is 2. The van der Waals surface area contributed by atoms with E-state index < -0.39 is 10.8 Å². The zero-order valence-corrected chi connectivity index (χ0v) is 21.5. The monoisotopic (exact) mass is 488 g/mol. The molecule has 0 unspecified atom stereocenters. The number of aromatic nitrogens is 4. The predicted octanol–water partition coefficient (Wildman–Crippen LogP) is 6.63. The average molecular weight is 489 g/mol. The number of rotatable bonds is 4. The molecule has 7 nitrogen and oxygen atoms in total. The summed E-state index contributed by atoms with van der Waals surface area (Å²) in [6.07, 6.45) is 5.23. The van der Waals surface area contributed by atoms with Crippen LogP contribution in [-0.2, 0) is 10.2 Å². The van der Waals surface area contributed by atoms with Crippen molar-refractivity contribution in [2.24, 2.45) is 5.41 Å². The third-order valence-electron chi connectivity index (χ3n) is 6.56. The summed E-state index contributed by atoms with van der Waals surface area (Å²) < 4.78 is 0. The van der Waals surface area contributed by atoms with Gasteiger partial charge in [0.1, 0.15) is 5.69 Å². The number of benzene rings is 2. The first-order chi connectivity index (χ1) is 17.6. The first-order valence-electron chi connectivity index (χ1n) is 12.1. The molecule has 0 atom stereocenters. The van der Waals surface area contributed by atoms with E-state index in [1.165, 1.54) is 0 Å². The second kappa shape index (κ2) is 8.82. The number of amides is 1. The number of carbonyl (C=O) groups excluding carboxylic acids is 1. The third kappa shape index (κ3) is 4.54. The summed E-state index contributed by atoms with van der Waals surface area (Å²) in [5, 5.41) is 22.1. The zero-order chi connectivity index (χ0) is 26.4. The SMILES string of the molecule is CC(C)(C)C(=O)Nc1cncc(-c2ccc3ncc4[nH]nc(-c5ccc(C(C)(C)C#N)cc5)c4c3c2)c1. The summed E-state index contributed by atoms with van der Waals surface area (Å²) in [7, 11) is 0. The Morgan fingerprint density at radius 3 is 2.35 bits per heavy atom. The van der Waals surface area contributed by atoms with Gasteiger partial charge in [-0.15, -0.1) is 0 Å². The molecule has 7 heteroatoms. The van der Waals surface area contributed by atoms with Crippen molar-refractivity contribution in [1.29, 1.82) is 5.26 Å². The third-order valence-corrected chi connectivity index (χ3v) is 6.56. The fraction of sp³-hybridized carbons (Fsp3) is 0.233. The highest BCUT2D eigenvalue weighted by molar-refractivity contribution is 6.11. The fourth-order valence-electron chi connectivity index (χ4n) is 4.19. The molecule has 0 aliphatic rings. The van der Waals surface area contributed by atoms with Gasteiger partial charge < -0.3 is 5.32 Å². The molecule has 0 aliphatic heterocycles. The maximum absolute atomic E-state index is 12.5. The Bertz CT molecular complexity index is 1680. The molecule has 5 aromatic rings. The van der Waals surface area contributed by atoms with Crippen molar-refractivity contribution in [1.82, 2.24) is 20.2 Å². The zero-order valence-electron chi connectivity index (χ0n) is 21.5. The Morgan fingerprint density at radius 2 is 1.65 bits per heavy atom. The van der Waals surface area contributed by atoms with E-state index in [4.69, 9.17) is 0 Å². The minimum atomic E-state index is -0.563. The minimum absolute atomic E-state index is 0.0666. The van der Waals surface area contributed by atoms with Gasteiger partial charge in [-0.1, -0.05) is 51.1 Å². The minimum Gasteiger partial charge on any atom is -0.324 e. The van der Waals surface area contributed by atoms with Gasteiger partial charge >= 0.3 is 0 Å². The number of hydrogen-bond donors (Lipinski definition) is 2. The van der Waals surface area contributed by atoms with Crippen LogP contribution in [0.5, 0.6) is 0 Å². The number of aromatic amines is 1. The maximum Gasteiger partial charge on any atom is 0.229 e. The van der Waals surface area contributed by atoms with Crippen LogP contribution in [-0.4, -0.2) is 26.1 Å². The van der Waals surface area contributed by atoms with Gasteiger partial charge in [0.15, 0.2) is 0 Å². The summed E-state index contributed by atoms with van der Waals surface area (Å²) in [5.41, 5.74) is 5.86. The molecule has 1 amide bonds. The van der Waals surface area contributed by atoms with Crippen molar-refractivity contribution in [3.63, 3.8) is 0 Å². The van der Waals surface area contributed by atoms with E-state index in [1.807, 2.05) is 77.1 Å². The molecular weight excluding hydrogens is 460 g/mol. The molecule has 0 aliphatic carbocycles. The normalized spacial score (nSPS) is 12.0. The Balaban J connectivity index is 1.59. The lowest BCUT2D eigenvalue weighted by molar-refractivity contribution is -0.123. The molecule has 0 spiro atoms. The van der Waals surface area contributed by atoms with Crippen molar-refractivity contribution < 1.29 is 4.79 Å². The molecule has 184 valence electrons. The predicted molar refractivity (Wildman–Crippen MR) is 147 cm³/mol. The lowest BCUT2D eigenvalue weighted by Gasteiger charge is -2.17. The number of carbonyl (C=O) groups is 1. The number of H-pyrrole nitrogens is 1. The van der Waals surface area contributed by atoms with Crippen molar-refractivity contribution in [3.8, 4) is 28.5 Å². The Kier molecular flexibility index (Phi) is 5.76. The van der Waals surface area contributed by atoms with E-state index >= 15 is 0 Å². The van der Waals surface area contributed by atoms with Crippen LogP contribution in [0.2, 0.25) is 0 Å². The van der Waals surface area contributed by atoms with Gasteiger partial charge in [-0.3, -0.25) is 19.9 Å². The second-order valence-corrected chi connectivity index (χ2v) is 10.8. The molecule has 2 N–H and O–H groups in total. The van der Waals surface area contributed by atoms with Crippen LogP contribution in [0.1, 0.15) is 40.2 Å². The smallest absolute Gasteiger partial charge is 0.229 e. The lowest BCUT2D eigenvalue weighted by Crippen LogP contribution is -2.27. The van der Waals surface area contributed by atoms with E-state index in [2.05, 4.69) is 37.6 Å². The Labute approximate surface area is 215 Å². The van der Waals surface area contributed by atoms with Crippen LogP contribution >= 0.6 is 0 Å². The number of nitrogens with zero attached hydrogens (tertiary/aromatic N) is 4. The highest BCUT2D eigenvalue weighted by atomic mass is 16.2. The van der Waals surface area contributed by atoms with Gasteiger partial charge in [0, 0.05) is 33.5 Å². The molecule has 0 bridgehead atoms. The van der Waals surface area contributed by atoms with Gasteiger partial charge in [0.2, 0.25) is 5.91 Å². The average Bonchev–Trinajstić information content (AvgIpc) is 3.33. The first kappa shape index (κ1) is 24.1. The largest absolute Gasteiger partial charge is 0.324 e. The second-order valence-electron chi connectivity index (χ2n) is 10.8. The van der Waals surface area contributed by atoms with Gasteiger partial charge in [-0.05, 0) is 43.2 Å². The highest BCUT2D eigenvalue weighted by Crippen LogP contribution is 2.35. The van der Waals surface area contributed by atoms with Crippen molar-refractivity contribution in [3.05, 3.63) is 72.7 Å². The van der Waals surface area contributed by atoms with Crippen LogP contribution < -0.4 is 5.32 Å². The topological polar surface area (TPSA) is 107 Å². The number of hydrogen-bond acceptors (Lipinski definition) is 5. The standard InChI is InChI=1S/C30H28N6O/c1-29(2,3)28(37)34-22-12-20(14-32-15-22)19-8-11-24-23(13-19)26-25(16-33-24)35-36-27(26)18-6-9-21(10-7-18)30(4,5)17-31/h6-16H,1-5H3,(H,34,37)(H,35,36). The first-order valence-corrected chi connectivity index (χ1v) is 12.1. The Hall–Kier alpha value is -4.57. The summed E-state index contributed by atoms with van der Waals surface area (Å²) in [4.78, 5) is 21.4. The summed E-state index contributed by atoms with van der Waals surface area (Å²) in [6, 6.07) is 18.3. The van der Waals surface area contributed by atoms with Gasteiger partial charge in [-0.25, -0.2) is 0 Å². The number of pyridine rings is 2. The Morgan fingerprint density at radius 1 is 0.919 bits per heavy atom. The summed E-state index contributed by atoms with van der Waals surface area (Å²) >= 11 is 0. The highest BCUT2D eigenvalue weighted by Gasteiger charge is 2.22. The molecule has 3 aromatic heterocycles. The summed E-state index contributed by atoms with van der Waals surface area (Å²) in [6.45, 7) is 9.45. The number of nitriles is 1. The van der Waals surface area contributed by atoms with Crippen LogP contribution in [0.15, 0.2) is 67.1 Å². The molecule has 3 heterocycles. The van der Waals surface area contributed by atoms with E-state index in [-0.39, 0.29) is 5.91 Å². The van der Waals surface area contributed by atoms with E-state index in [9.17, 15) is 10.1 Å². The number of anilines is 1. The van der Waals surface area contributed by atoms with Gasteiger partial charge in [0.05, 0.1) is 40.6 Å². The molecular formula is C30H28N6O. The lowest BCUT2D eigenvalue weighted by atomic mass is 9.86. The fourth-order valence-corrected chi connectivity index (χ4v) is 4.19. The van der Waals surface area contributed by atoms with Crippen LogP contribution in [0.3, 0.4) is 0 Å². The molecule has 0 saturated heterocycles. The van der Waals surface area contributed by atoms with Crippen LogP contribution in [0.4, 0.5) is 5.69 Å². The van der Waals surface area contributed by atoms with Crippen LogP contribution in [0.25, 0.3) is 44.2 Å². The van der Waals surface area contributed by atoms with Crippen molar-refractivity contribution >= 4 is 33.4 Å². The summed E-state index contributed by atoms with van der Waals surface area (Å²) in [5.74, 6) is -0.0666. The van der Waals surface area contributed by atoms with Crippen molar-refractivity contribution in [2.75, 3.05) is 5.32 Å². The molecule has 5 rings (SSSR count). The molecule has 37 heavy (non-hydrogen) atoms. The molecule has 0 saturated carbocycles. The molecule has 2 aromatic carbocycles. The number of fused-ring (bicyclic) bond motifs is 3. The quantitative estimate of drug-likeness (QED) is 0.295.